The summed E-state index contributed by atoms with van der Waals surface area (Å²) in [4.78, 5) is 18.9. The predicted molar refractivity (Wildman–Crippen MR) is 109 cm³/mol. The van der Waals surface area contributed by atoms with Crippen molar-refractivity contribution in [1.29, 1.82) is 0 Å². The first-order valence-corrected chi connectivity index (χ1v) is 11.1. The first-order valence-electron chi connectivity index (χ1n) is 8.31. The van der Waals surface area contributed by atoms with E-state index in [0.29, 0.717) is 18.9 Å². The van der Waals surface area contributed by atoms with Gasteiger partial charge in [-0.15, -0.1) is 0 Å². The average Bonchev–Trinajstić information content (AvgIpc) is 3.00. The molecule has 136 valence electrons. The summed E-state index contributed by atoms with van der Waals surface area (Å²) >= 11 is 3.51. The van der Waals surface area contributed by atoms with Crippen molar-refractivity contribution in [3.63, 3.8) is 0 Å². The molecule has 0 saturated heterocycles. The molecule has 0 aliphatic rings. The third-order valence-corrected chi connectivity index (χ3v) is 5.36. The Bertz CT molecular complexity index is 675. The highest BCUT2D eigenvalue weighted by Gasteiger charge is 2.22. The lowest BCUT2D eigenvalue weighted by Crippen LogP contribution is -2.36. The topological polar surface area (TPSA) is 51.0 Å². The molecule has 2 aromatic rings. The van der Waals surface area contributed by atoms with E-state index in [1.165, 1.54) is 0 Å². The van der Waals surface area contributed by atoms with Crippen LogP contribution in [0.4, 0.5) is 5.69 Å². The minimum absolute atomic E-state index is 0.163. The number of thioether (sulfide) groups is 2. The van der Waals surface area contributed by atoms with E-state index in [9.17, 15) is 4.79 Å². The van der Waals surface area contributed by atoms with Gasteiger partial charge in [0.05, 0.1) is 29.5 Å². The van der Waals surface area contributed by atoms with Crippen molar-refractivity contribution in [2.24, 2.45) is 5.92 Å². The molecule has 0 spiro atoms. The Morgan fingerprint density at radius 1 is 1.36 bits per heavy atom. The van der Waals surface area contributed by atoms with Crippen molar-refractivity contribution in [2.75, 3.05) is 35.5 Å². The molecule has 0 fully saturated rings. The number of anilines is 1. The zero-order valence-electron chi connectivity index (χ0n) is 15.3. The quantitative estimate of drug-likeness (QED) is 0.666. The second-order valence-corrected chi connectivity index (χ2v) is 7.96. The molecule has 2 rings (SSSR count). The number of pyridine rings is 1. The highest BCUT2D eigenvalue weighted by molar-refractivity contribution is 7.98. The first-order chi connectivity index (χ1) is 12.1. The van der Waals surface area contributed by atoms with Crippen LogP contribution in [0.2, 0.25) is 0 Å². The molecular weight excluding hydrogens is 352 g/mol. The molecule has 1 atom stereocenters. The minimum atomic E-state index is 0.163. The monoisotopic (exact) mass is 378 g/mol. The summed E-state index contributed by atoms with van der Waals surface area (Å²) < 4.78 is 1.80. The molecule has 7 heteroatoms. The number of hydrogen-bond acceptors (Lipinski definition) is 5. The molecule has 0 N–H and O–H groups in total. The number of nitrogens with zero attached hydrogens (tertiary/aromatic N) is 4. The SMILES string of the molecule is CSCCC(=O)N(CC(C)CSC)c1cn(-c2cccnc2)nc1C. The third kappa shape index (κ3) is 5.51. The maximum absolute atomic E-state index is 12.8. The van der Waals surface area contributed by atoms with Crippen LogP contribution in [-0.2, 0) is 4.79 Å². The molecule has 0 aliphatic heterocycles. The molecular formula is C18H26N4OS2. The molecule has 0 saturated carbocycles. The fourth-order valence-electron chi connectivity index (χ4n) is 2.65. The molecule has 5 nitrogen and oxygen atoms in total. The van der Waals surface area contributed by atoms with E-state index in [1.807, 2.05) is 48.2 Å². The number of carbonyl (C=O) groups excluding carboxylic acids is 1. The maximum atomic E-state index is 12.8. The number of hydrogen-bond donors (Lipinski definition) is 0. The van der Waals surface area contributed by atoms with Crippen molar-refractivity contribution in [3.05, 3.63) is 36.4 Å². The molecule has 25 heavy (non-hydrogen) atoms. The second kappa shape index (κ2) is 9.87. The molecule has 0 aromatic carbocycles. The Morgan fingerprint density at radius 3 is 2.80 bits per heavy atom. The van der Waals surface area contributed by atoms with Gasteiger partial charge < -0.3 is 4.90 Å². The summed E-state index contributed by atoms with van der Waals surface area (Å²) in [7, 11) is 0. The summed E-state index contributed by atoms with van der Waals surface area (Å²) in [5, 5.41) is 4.59. The van der Waals surface area contributed by atoms with Crippen LogP contribution in [0.3, 0.4) is 0 Å². The van der Waals surface area contributed by atoms with Gasteiger partial charge in [-0.1, -0.05) is 6.92 Å². The van der Waals surface area contributed by atoms with E-state index >= 15 is 0 Å². The van der Waals surface area contributed by atoms with Crippen LogP contribution in [0.25, 0.3) is 5.69 Å². The van der Waals surface area contributed by atoms with Crippen molar-refractivity contribution in [3.8, 4) is 5.69 Å². The summed E-state index contributed by atoms with van der Waals surface area (Å²) in [6.07, 6.45) is 10.1. The Labute approximate surface area is 158 Å². The minimum Gasteiger partial charge on any atom is -0.309 e. The number of aryl methyl sites for hydroxylation is 1. The van der Waals surface area contributed by atoms with Gasteiger partial charge in [-0.2, -0.15) is 28.6 Å². The molecule has 2 aromatic heterocycles. The lowest BCUT2D eigenvalue weighted by molar-refractivity contribution is -0.118. The van der Waals surface area contributed by atoms with E-state index in [4.69, 9.17) is 0 Å². The fraction of sp³-hybridized carbons (Fsp3) is 0.500. The van der Waals surface area contributed by atoms with Crippen LogP contribution in [0.15, 0.2) is 30.7 Å². The van der Waals surface area contributed by atoms with Crippen LogP contribution in [0.5, 0.6) is 0 Å². The van der Waals surface area contributed by atoms with Gasteiger partial charge >= 0.3 is 0 Å². The van der Waals surface area contributed by atoms with Crippen LogP contribution >= 0.6 is 23.5 Å². The molecule has 2 heterocycles. The molecule has 0 aliphatic carbocycles. The molecule has 0 radical (unpaired) electrons. The highest BCUT2D eigenvalue weighted by atomic mass is 32.2. The standard InChI is InChI=1S/C18H26N4OS2/c1-14(13-25-4)11-21(18(23)7-9-24-3)17-12-22(20-15(17)2)16-6-5-8-19-10-16/h5-6,8,10,12,14H,7,9,11,13H2,1-4H3. The predicted octanol–water partition coefficient (Wildman–Crippen LogP) is 3.66. The summed E-state index contributed by atoms with van der Waals surface area (Å²) in [5.41, 5.74) is 2.64. The number of carbonyl (C=O) groups is 1. The van der Waals surface area contributed by atoms with Gasteiger partial charge in [0.15, 0.2) is 0 Å². The van der Waals surface area contributed by atoms with Crippen molar-refractivity contribution < 1.29 is 4.79 Å². The van der Waals surface area contributed by atoms with Gasteiger partial charge in [-0.05, 0) is 43.2 Å². The zero-order chi connectivity index (χ0) is 18.2. The third-order valence-electron chi connectivity index (χ3n) is 3.84. The van der Waals surface area contributed by atoms with E-state index in [0.717, 1.165) is 28.6 Å². The van der Waals surface area contributed by atoms with Gasteiger partial charge in [0.1, 0.15) is 0 Å². The van der Waals surface area contributed by atoms with E-state index in [1.54, 1.807) is 28.8 Å². The van der Waals surface area contributed by atoms with Gasteiger partial charge in [-0.25, -0.2) is 4.68 Å². The largest absolute Gasteiger partial charge is 0.309 e. The Kier molecular flexibility index (Phi) is 7.84. The van der Waals surface area contributed by atoms with Crippen molar-refractivity contribution in [1.82, 2.24) is 14.8 Å². The maximum Gasteiger partial charge on any atom is 0.227 e. The summed E-state index contributed by atoms with van der Waals surface area (Å²) in [6, 6.07) is 3.84. The van der Waals surface area contributed by atoms with Crippen LogP contribution in [0.1, 0.15) is 19.0 Å². The number of amides is 1. The normalized spacial score (nSPS) is 12.2. The zero-order valence-corrected chi connectivity index (χ0v) is 16.9. The highest BCUT2D eigenvalue weighted by Crippen LogP contribution is 2.24. The molecule has 1 amide bonds. The van der Waals surface area contributed by atoms with Gasteiger partial charge in [-0.3, -0.25) is 9.78 Å². The lowest BCUT2D eigenvalue weighted by atomic mass is 10.2. The second-order valence-electron chi connectivity index (χ2n) is 6.06. The first kappa shape index (κ1) is 19.8. The van der Waals surface area contributed by atoms with Gasteiger partial charge in [0.25, 0.3) is 0 Å². The Hall–Kier alpha value is -1.47. The number of aromatic nitrogens is 3. The van der Waals surface area contributed by atoms with E-state index in [-0.39, 0.29) is 5.91 Å². The Morgan fingerprint density at radius 2 is 2.16 bits per heavy atom. The van der Waals surface area contributed by atoms with Crippen molar-refractivity contribution >= 4 is 35.1 Å². The summed E-state index contributed by atoms with van der Waals surface area (Å²) in [5.74, 6) is 2.45. The fourth-order valence-corrected chi connectivity index (χ4v) is 3.70. The van der Waals surface area contributed by atoms with Gasteiger partial charge in [0.2, 0.25) is 5.91 Å². The van der Waals surface area contributed by atoms with Crippen molar-refractivity contribution in [2.45, 2.75) is 20.3 Å². The lowest BCUT2D eigenvalue weighted by Gasteiger charge is -2.25. The van der Waals surface area contributed by atoms with E-state index in [2.05, 4.69) is 23.3 Å². The van der Waals surface area contributed by atoms with Crippen LogP contribution in [-0.4, -0.2) is 51.2 Å². The molecule has 1 unspecified atom stereocenters. The average molecular weight is 379 g/mol. The molecule has 0 bridgehead atoms. The Balaban J connectivity index is 2.29. The van der Waals surface area contributed by atoms with Gasteiger partial charge in [0, 0.05) is 24.9 Å². The van der Waals surface area contributed by atoms with E-state index < -0.39 is 0 Å². The van der Waals surface area contributed by atoms with Crippen LogP contribution in [0, 0.1) is 12.8 Å². The number of rotatable bonds is 9. The van der Waals surface area contributed by atoms with Crippen LogP contribution < -0.4 is 4.90 Å². The smallest absolute Gasteiger partial charge is 0.227 e. The summed E-state index contributed by atoms with van der Waals surface area (Å²) in [6.45, 7) is 4.86.